The van der Waals surface area contributed by atoms with Gasteiger partial charge in [-0.25, -0.2) is 9.13 Å². The summed E-state index contributed by atoms with van der Waals surface area (Å²) in [5.74, 6) is -2.39. The number of esters is 4. The number of carbonyl (C=O) groups excluding carboxylic acids is 4. The van der Waals surface area contributed by atoms with Gasteiger partial charge in [-0.2, -0.15) is 0 Å². The van der Waals surface area contributed by atoms with E-state index in [0.29, 0.717) is 38.5 Å². The van der Waals surface area contributed by atoms with Gasteiger partial charge in [-0.15, -0.1) is 0 Å². The van der Waals surface area contributed by atoms with Crippen LogP contribution in [-0.2, 0) is 65.4 Å². The number of allylic oxidation sites excluding steroid dienone is 32. The molecular formula is C91H146O17P2. The fourth-order valence-corrected chi connectivity index (χ4v) is 11.8. The molecule has 17 nitrogen and oxygen atoms in total. The molecule has 622 valence electrons. The fourth-order valence-electron chi connectivity index (χ4n) is 10.3. The molecule has 0 aliphatic carbocycles. The SMILES string of the molecule is CC/C=C\C/C=C\C/C=C\C/C=C\C/C=C\C/C=C\CCC(=O)OCC(COP(=O)(O)OCC(O)COP(=O)(O)OCC(COC(=O)CCC/C=C\C/C=C\C/C=C\C/C=C\C/C=C\CC)OC(=O)CCCCCCC/C=C\C/C=C\CCCCC)OC(=O)CCCCCCCC/C=C\C/C=C\C/C=C\CCCCC. The lowest BCUT2D eigenvalue weighted by molar-refractivity contribution is -0.161. The van der Waals surface area contributed by atoms with E-state index in [1.165, 1.54) is 38.5 Å². The summed E-state index contributed by atoms with van der Waals surface area (Å²) in [6.07, 6.45) is 99.9. The summed E-state index contributed by atoms with van der Waals surface area (Å²) in [6.45, 7) is 4.40. The first-order valence-corrected chi connectivity index (χ1v) is 44.7. The normalized spacial score (nSPS) is 14.8. The molecule has 0 spiro atoms. The molecule has 110 heavy (non-hydrogen) atoms. The number of carbonyl (C=O) groups is 4. The van der Waals surface area contributed by atoms with Gasteiger partial charge in [-0.3, -0.25) is 37.3 Å². The van der Waals surface area contributed by atoms with Crippen LogP contribution in [0.25, 0.3) is 0 Å². The molecule has 0 aromatic heterocycles. The predicted molar refractivity (Wildman–Crippen MR) is 454 cm³/mol. The van der Waals surface area contributed by atoms with E-state index in [9.17, 15) is 43.2 Å². The molecule has 0 rings (SSSR count). The van der Waals surface area contributed by atoms with Crippen LogP contribution in [0.4, 0.5) is 0 Å². The Morgan fingerprint density at radius 3 is 0.809 bits per heavy atom. The maximum Gasteiger partial charge on any atom is 0.472 e. The Labute approximate surface area is 666 Å². The lowest BCUT2D eigenvalue weighted by Gasteiger charge is -2.21. The summed E-state index contributed by atoms with van der Waals surface area (Å²) < 4.78 is 68.6. The van der Waals surface area contributed by atoms with Gasteiger partial charge in [0.05, 0.1) is 26.4 Å². The average molecular weight is 1570 g/mol. The Morgan fingerprint density at radius 2 is 0.500 bits per heavy atom. The first-order valence-electron chi connectivity index (χ1n) is 41.7. The van der Waals surface area contributed by atoms with Crippen LogP contribution in [-0.4, -0.2) is 96.7 Å². The third kappa shape index (κ3) is 80.0. The number of ether oxygens (including phenoxy) is 4. The van der Waals surface area contributed by atoms with Crippen molar-refractivity contribution in [2.75, 3.05) is 39.6 Å². The highest BCUT2D eigenvalue weighted by molar-refractivity contribution is 7.47. The van der Waals surface area contributed by atoms with Gasteiger partial charge in [0.2, 0.25) is 0 Å². The van der Waals surface area contributed by atoms with Crippen molar-refractivity contribution < 1.29 is 80.2 Å². The molecule has 0 saturated heterocycles. The minimum Gasteiger partial charge on any atom is -0.462 e. The van der Waals surface area contributed by atoms with Crippen LogP contribution in [0.2, 0.25) is 0 Å². The van der Waals surface area contributed by atoms with Crippen molar-refractivity contribution in [2.45, 2.75) is 316 Å². The van der Waals surface area contributed by atoms with Gasteiger partial charge < -0.3 is 33.8 Å². The molecule has 0 aromatic rings. The Kier molecular flexibility index (Phi) is 76.4. The first kappa shape index (κ1) is 104. The van der Waals surface area contributed by atoms with Crippen molar-refractivity contribution in [1.29, 1.82) is 0 Å². The molecule has 0 aliphatic rings. The number of hydrogen-bond donors (Lipinski definition) is 3. The number of aliphatic hydroxyl groups excluding tert-OH is 1. The maximum atomic E-state index is 13.1. The van der Waals surface area contributed by atoms with Crippen LogP contribution in [0.5, 0.6) is 0 Å². The highest BCUT2D eigenvalue weighted by Gasteiger charge is 2.30. The van der Waals surface area contributed by atoms with Crippen molar-refractivity contribution in [1.82, 2.24) is 0 Å². The smallest absolute Gasteiger partial charge is 0.462 e. The lowest BCUT2D eigenvalue weighted by atomic mass is 10.1. The number of phosphoric acid groups is 2. The molecule has 0 bridgehead atoms. The number of phosphoric ester groups is 2. The van der Waals surface area contributed by atoms with Gasteiger partial charge in [0.25, 0.3) is 0 Å². The standard InChI is InChI=1S/C91H146O17P2/c1-5-9-13-17-21-25-29-33-37-40-42-45-49-52-56-60-64-68-72-76-89(94)102-82-87(108-91(96)78-74-70-66-62-58-54-50-46-43-41-38-34-30-26-22-18-14-10-6-2)84-106-110(99,100)104-80-85(92)79-103-109(97,98)105-83-86(107-90(95)77-73-69-65-61-57-53-47-36-32-28-24-20-16-12-8-4)81-101-88(93)75-71-67-63-59-55-51-48-44-39-35-31-27-23-19-15-11-7-3/h9,11,13,15,21-28,33-39,42-43,45-48,51-52,56,59,63-64,68,85-87,92H,5-8,10,12,14,16-20,29-32,40-41,44,49-50,53-55,57-58,60-62,65-67,69-84H2,1-4H3,(H,97,98)(H,99,100)/b13-9-,15-11-,25-21-,26-22-,27-23-,28-24-,37-33-,38-34-,39-35-,45-42-,46-43-,47-36-,51-48-,56-52-,63-59-,68-64-. The summed E-state index contributed by atoms with van der Waals surface area (Å²) in [4.78, 5) is 73.2. The molecule has 0 heterocycles. The minimum absolute atomic E-state index is 0.0244. The van der Waals surface area contributed by atoms with Gasteiger partial charge in [0.15, 0.2) is 12.2 Å². The molecule has 0 aliphatic heterocycles. The van der Waals surface area contributed by atoms with Gasteiger partial charge in [-0.05, 0) is 173 Å². The summed E-state index contributed by atoms with van der Waals surface area (Å²) in [5, 5.41) is 10.7. The molecule has 19 heteroatoms. The molecule has 3 N–H and O–H groups in total. The van der Waals surface area contributed by atoms with Crippen LogP contribution >= 0.6 is 15.6 Å². The summed E-state index contributed by atoms with van der Waals surface area (Å²) in [7, 11) is -10.0. The summed E-state index contributed by atoms with van der Waals surface area (Å²) in [6, 6.07) is 0. The first-order chi connectivity index (χ1) is 53.7. The zero-order valence-electron chi connectivity index (χ0n) is 68.1. The van der Waals surface area contributed by atoms with Gasteiger partial charge in [-0.1, -0.05) is 293 Å². The Morgan fingerprint density at radius 1 is 0.264 bits per heavy atom. The molecule has 0 amide bonds. The van der Waals surface area contributed by atoms with E-state index in [4.69, 9.17) is 37.0 Å². The van der Waals surface area contributed by atoms with E-state index < -0.39 is 97.5 Å². The van der Waals surface area contributed by atoms with Crippen molar-refractivity contribution in [3.05, 3.63) is 194 Å². The summed E-state index contributed by atoms with van der Waals surface area (Å²) >= 11 is 0. The monoisotopic (exact) mass is 1570 g/mol. The predicted octanol–water partition coefficient (Wildman–Crippen LogP) is 24.9. The van der Waals surface area contributed by atoms with Crippen LogP contribution < -0.4 is 0 Å². The largest absolute Gasteiger partial charge is 0.472 e. The molecule has 5 atom stereocenters. The third-order valence-corrected chi connectivity index (χ3v) is 18.4. The molecule has 0 saturated carbocycles. The van der Waals surface area contributed by atoms with Gasteiger partial charge in [0, 0.05) is 25.7 Å². The lowest BCUT2D eigenvalue weighted by Crippen LogP contribution is -2.30. The highest BCUT2D eigenvalue weighted by Crippen LogP contribution is 2.45. The van der Waals surface area contributed by atoms with E-state index in [1.807, 2.05) is 30.4 Å². The number of hydrogen-bond acceptors (Lipinski definition) is 15. The third-order valence-electron chi connectivity index (χ3n) is 16.5. The van der Waals surface area contributed by atoms with Crippen LogP contribution in [0.3, 0.4) is 0 Å². The Hall–Kier alpha value is -6.10. The van der Waals surface area contributed by atoms with Crippen LogP contribution in [0.1, 0.15) is 297 Å². The quantitative estimate of drug-likeness (QED) is 0.0169. The van der Waals surface area contributed by atoms with E-state index in [-0.39, 0.29) is 25.7 Å². The second kappa shape index (κ2) is 80.9. The van der Waals surface area contributed by atoms with Crippen molar-refractivity contribution in [2.24, 2.45) is 0 Å². The topological polar surface area (TPSA) is 237 Å². The zero-order valence-corrected chi connectivity index (χ0v) is 69.9. The second-order valence-corrected chi connectivity index (χ2v) is 29.8. The van der Waals surface area contributed by atoms with Gasteiger partial charge >= 0.3 is 39.5 Å². The van der Waals surface area contributed by atoms with E-state index in [1.54, 1.807) is 0 Å². The molecule has 5 unspecified atom stereocenters. The average Bonchev–Trinajstić information content (AvgIpc) is 0.900. The van der Waals surface area contributed by atoms with E-state index in [0.717, 1.165) is 167 Å². The van der Waals surface area contributed by atoms with Crippen LogP contribution in [0, 0.1) is 0 Å². The molecule has 0 aromatic carbocycles. The molecule has 0 fully saturated rings. The van der Waals surface area contributed by atoms with E-state index >= 15 is 0 Å². The molecular weight excluding hydrogens is 1430 g/mol. The zero-order chi connectivity index (χ0) is 80.3. The number of rotatable bonds is 76. The highest BCUT2D eigenvalue weighted by atomic mass is 31.2. The van der Waals surface area contributed by atoms with Crippen LogP contribution in [0.15, 0.2) is 194 Å². The summed E-state index contributed by atoms with van der Waals surface area (Å²) in [5.41, 5.74) is 0. The van der Waals surface area contributed by atoms with Crippen molar-refractivity contribution >= 4 is 39.5 Å². The fraction of sp³-hybridized carbons (Fsp3) is 0.604. The Bertz CT molecular complexity index is 2850. The number of unbranched alkanes of at least 4 members (excludes halogenated alkanes) is 18. The van der Waals surface area contributed by atoms with Crippen molar-refractivity contribution in [3.8, 4) is 0 Å². The van der Waals surface area contributed by atoms with Crippen molar-refractivity contribution in [3.63, 3.8) is 0 Å². The Balaban J connectivity index is 5.54. The molecule has 0 radical (unpaired) electrons. The van der Waals surface area contributed by atoms with E-state index in [2.05, 4.69) is 192 Å². The van der Waals surface area contributed by atoms with Gasteiger partial charge in [0.1, 0.15) is 19.3 Å². The second-order valence-electron chi connectivity index (χ2n) is 26.9. The maximum absolute atomic E-state index is 13.1. The minimum atomic E-state index is -5.02. The number of aliphatic hydroxyl groups is 1.